The number of nitrogens with zero attached hydrogens (tertiary/aromatic N) is 7. The number of anilines is 2. The van der Waals surface area contributed by atoms with Gasteiger partial charge in [-0.05, 0) is 56.4 Å². The van der Waals surface area contributed by atoms with E-state index in [0.717, 1.165) is 22.7 Å². The molecular weight excluding hydrogens is 551 g/mol. The van der Waals surface area contributed by atoms with E-state index in [1.165, 1.54) is 10.9 Å². The number of carbonyl (C=O) groups excluding carboxylic acids is 1. The van der Waals surface area contributed by atoms with Gasteiger partial charge in [0.15, 0.2) is 17.5 Å². The highest BCUT2D eigenvalue weighted by molar-refractivity contribution is 5.90. The summed E-state index contributed by atoms with van der Waals surface area (Å²) in [7, 11) is 1.57. The number of hydrogen-bond acceptors (Lipinski definition) is 9. The Morgan fingerprint density at radius 2 is 2.02 bits per heavy atom. The van der Waals surface area contributed by atoms with Crippen LogP contribution in [-0.2, 0) is 9.53 Å². The summed E-state index contributed by atoms with van der Waals surface area (Å²) in [6, 6.07) is 14.6. The van der Waals surface area contributed by atoms with Gasteiger partial charge in [0.2, 0.25) is 0 Å². The number of ether oxygens (including phenoxy) is 1. The number of methoxy groups -OCH3 is 1. The van der Waals surface area contributed by atoms with Crippen LogP contribution < -0.4 is 10.6 Å². The van der Waals surface area contributed by atoms with E-state index in [4.69, 9.17) is 20.0 Å². The van der Waals surface area contributed by atoms with Crippen molar-refractivity contribution in [1.82, 2.24) is 40.2 Å². The number of amides is 1. The van der Waals surface area contributed by atoms with Crippen LogP contribution in [0.5, 0.6) is 0 Å². The minimum Gasteiger partial charge on any atom is -0.368 e. The molecule has 12 nitrogen and oxygen atoms in total. The lowest BCUT2D eigenvalue weighted by Gasteiger charge is -2.38. The van der Waals surface area contributed by atoms with Crippen molar-refractivity contribution >= 4 is 28.4 Å². The first-order valence-electron chi connectivity index (χ1n) is 13.9. The monoisotopic (exact) mass is 580 g/mol. The highest BCUT2D eigenvalue weighted by Gasteiger charge is 2.43. The van der Waals surface area contributed by atoms with E-state index in [0.29, 0.717) is 54.7 Å². The number of aromatic nitrogens is 7. The molecule has 0 spiro atoms. The van der Waals surface area contributed by atoms with Crippen molar-refractivity contribution < 1.29 is 13.9 Å². The van der Waals surface area contributed by atoms with Gasteiger partial charge in [-0.3, -0.25) is 9.89 Å². The lowest BCUT2D eigenvalue weighted by atomic mass is 9.77. The summed E-state index contributed by atoms with van der Waals surface area (Å²) in [5.74, 6) is 1.63. The topological polar surface area (TPSA) is 159 Å². The molecule has 1 aliphatic rings. The van der Waals surface area contributed by atoms with E-state index in [2.05, 4.69) is 30.9 Å². The van der Waals surface area contributed by atoms with Crippen LogP contribution in [0.1, 0.15) is 61.6 Å². The van der Waals surface area contributed by atoms with Crippen LogP contribution in [0.4, 0.5) is 16.0 Å². The molecule has 13 heteroatoms. The molecule has 0 radical (unpaired) electrons. The number of aromatic amines is 1. The Labute approximate surface area is 246 Å². The summed E-state index contributed by atoms with van der Waals surface area (Å²) in [5, 5.41) is 27.0. The van der Waals surface area contributed by atoms with Crippen molar-refractivity contribution in [1.29, 1.82) is 5.26 Å². The molecule has 1 amide bonds. The van der Waals surface area contributed by atoms with Crippen molar-refractivity contribution in [2.24, 2.45) is 0 Å². The summed E-state index contributed by atoms with van der Waals surface area (Å²) in [4.78, 5) is 27.6. The maximum absolute atomic E-state index is 13.5. The molecule has 0 bridgehead atoms. The van der Waals surface area contributed by atoms with E-state index in [-0.39, 0.29) is 17.9 Å². The summed E-state index contributed by atoms with van der Waals surface area (Å²) < 4.78 is 20.5. The first-order chi connectivity index (χ1) is 20.9. The van der Waals surface area contributed by atoms with Crippen LogP contribution in [0, 0.1) is 17.1 Å². The lowest BCUT2D eigenvalue weighted by Crippen LogP contribution is -2.50. The van der Waals surface area contributed by atoms with Gasteiger partial charge in [-0.25, -0.2) is 24.0 Å². The maximum atomic E-state index is 13.5. The molecule has 4 aromatic heterocycles. The van der Waals surface area contributed by atoms with Gasteiger partial charge in [0.1, 0.15) is 29.0 Å². The summed E-state index contributed by atoms with van der Waals surface area (Å²) in [5.41, 5.74) is 0.952. The molecule has 0 unspecified atom stereocenters. The molecule has 1 saturated carbocycles. The van der Waals surface area contributed by atoms with E-state index >= 15 is 0 Å². The van der Waals surface area contributed by atoms with Gasteiger partial charge < -0.3 is 15.4 Å². The molecule has 1 aliphatic carbocycles. The molecule has 0 saturated heterocycles. The number of carbonyl (C=O) groups is 1. The highest BCUT2D eigenvalue weighted by atomic mass is 19.1. The molecule has 43 heavy (non-hydrogen) atoms. The number of benzene rings is 1. The van der Waals surface area contributed by atoms with Gasteiger partial charge >= 0.3 is 0 Å². The van der Waals surface area contributed by atoms with Crippen molar-refractivity contribution in [3.8, 4) is 11.9 Å². The summed E-state index contributed by atoms with van der Waals surface area (Å²) in [6.45, 7) is 1.88. The second-order valence-corrected chi connectivity index (χ2v) is 10.6. The fourth-order valence-corrected chi connectivity index (χ4v) is 5.43. The lowest BCUT2D eigenvalue weighted by molar-refractivity contribution is -0.148. The first kappa shape index (κ1) is 27.9. The fourth-order valence-electron chi connectivity index (χ4n) is 5.43. The van der Waals surface area contributed by atoms with E-state index in [1.54, 1.807) is 25.4 Å². The predicted octanol–water partition coefficient (Wildman–Crippen LogP) is 4.61. The number of rotatable bonds is 8. The van der Waals surface area contributed by atoms with Crippen molar-refractivity contribution in [2.45, 2.75) is 50.2 Å². The molecule has 1 aromatic carbocycles. The number of H-pyrrole nitrogens is 1. The molecule has 5 aromatic rings. The zero-order valence-electron chi connectivity index (χ0n) is 23.6. The normalized spacial score (nSPS) is 19.1. The Kier molecular flexibility index (Phi) is 7.52. The number of fused-ring (bicyclic) bond motifs is 1. The Balaban J connectivity index is 1.15. The van der Waals surface area contributed by atoms with Crippen molar-refractivity contribution in [3.05, 3.63) is 84.0 Å². The third-order valence-corrected chi connectivity index (χ3v) is 7.93. The van der Waals surface area contributed by atoms with Crippen LogP contribution >= 0.6 is 0 Å². The largest absolute Gasteiger partial charge is 0.368 e. The molecule has 6 rings (SSSR count). The third kappa shape index (κ3) is 5.64. The van der Waals surface area contributed by atoms with Gasteiger partial charge in [0.05, 0.1) is 24.0 Å². The van der Waals surface area contributed by atoms with Crippen molar-refractivity contribution in [2.75, 3.05) is 12.4 Å². The second-order valence-electron chi connectivity index (χ2n) is 10.6. The standard InChI is InChI=1S/C30H29FN10O2/c1-18(20-7-8-26(33-15-20)41-17-21(31)16-34-41)35-29(42)30(43-2)11-9-19(10-12-30)27-36-24-6-4-3-5-23(24)28(38-27)37-25-13-22(14-32)39-40-25/h3-8,13,15-19H,9-12H2,1-2H3,(H,35,42)(H2,36,37,38,39,40)/t18-,19?,30?/m0/s1. The second kappa shape index (κ2) is 11.6. The smallest absolute Gasteiger partial charge is 0.252 e. The van der Waals surface area contributed by atoms with Gasteiger partial charge in [-0.1, -0.05) is 18.2 Å². The van der Waals surface area contributed by atoms with Gasteiger partial charge in [0, 0.05) is 30.7 Å². The number of halogens is 1. The molecule has 1 fully saturated rings. The summed E-state index contributed by atoms with van der Waals surface area (Å²) >= 11 is 0. The average molecular weight is 581 g/mol. The predicted molar refractivity (Wildman–Crippen MR) is 155 cm³/mol. The van der Waals surface area contributed by atoms with Gasteiger partial charge in [-0.2, -0.15) is 15.5 Å². The van der Waals surface area contributed by atoms with Crippen LogP contribution in [0.15, 0.2) is 61.1 Å². The van der Waals surface area contributed by atoms with Gasteiger partial charge in [-0.15, -0.1) is 0 Å². The molecule has 0 aliphatic heterocycles. The van der Waals surface area contributed by atoms with Crippen LogP contribution in [0.2, 0.25) is 0 Å². The Hall–Kier alpha value is -5.22. The molecule has 218 valence electrons. The van der Waals surface area contributed by atoms with Gasteiger partial charge in [0.25, 0.3) is 5.91 Å². The van der Waals surface area contributed by atoms with E-state index in [9.17, 15) is 9.18 Å². The molecule has 4 heterocycles. The Morgan fingerprint density at radius 1 is 1.21 bits per heavy atom. The fraction of sp³-hybridized carbons (Fsp3) is 0.300. The number of pyridine rings is 1. The number of hydrogen-bond donors (Lipinski definition) is 3. The van der Waals surface area contributed by atoms with E-state index in [1.807, 2.05) is 43.3 Å². The zero-order valence-corrected chi connectivity index (χ0v) is 23.6. The average Bonchev–Trinajstić information content (AvgIpc) is 3.69. The number of nitrogens with one attached hydrogen (secondary N) is 3. The highest BCUT2D eigenvalue weighted by Crippen LogP contribution is 2.40. The van der Waals surface area contributed by atoms with E-state index < -0.39 is 11.4 Å². The number of para-hydroxylation sites is 1. The Morgan fingerprint density at radius 3 is 2.70 bits per heavy atom. The van der Waals surface area contributed by atoms with Crippen molar-refractivity contribution in [3.63, 3.8) is 0 Å². The summed E-state index contributed by atoms with van der Waals surface area (Å²) in [6.07, 6.45) is 6.32. The third-order valence-electron chi connectivity index (χ3n) is 7.93. The first-order valence-corrected chi connectivity index (χ1v) is 13.9. The minimum atomic E-state index is -0.981. The van der Waals surface area contributed by atoms with Crippen LogP contribution in [-0.4, -0.2) is 53.5 Å². The maximum Gasteiger partial charge on any atom is 0.252 e. The number of nitriles is 1. The minimum absolute atomic E-state index is 0.0244. The van der Waals surface area contributed by atoms with Crippen LogP contribution in [0.25, 0.3) is 16.7 Å². The molecule has 3 N–H and O–H groups in total. The molecular formula is C30H29FN10O2. The molecule has 1 atom stereocenters. The zero-order chi connectivity index (χ0) is 30.0. The van der Waals surface area contributed by atoms with Crippen LogP contribution in [0.3, 0.4) is 0 Å². The Bertz CT molecular complexity index is 1800. The quantitative estimate of drug-likeness (QED) is 0.238. The SMILES string of the molecule is COC1(C(=O)N[C@@H](C)c2ccc(-n3cc(F)cn3)nc2)CCC(c2nc(Nc3cc(C#N)[nH]n3)c3ccccc3n2)CC1.